The number of carbonyl (C=O) groups is 2. The van der Waals surface area contributed by atoms with Crippen LogP contribution in [0.3, 0.4) is 0 Å². The Bertz CT molecular complexity index is 663. The van der Waals surface area contributed by atoms with Crippen molar-refractivity contribution in [2.45, 2.75) is 0 Å². The van der Waals surface area contributed by atoms with Crippen LogP contribution in [0.1, 0.15) is 20.7 Å². The lowest BCUT2D eigenvalue weighted by Gasteiger charge is -2.05. The molecule has 0 aliphatic carbocycles. The Hall–Kier alpha value is -2.72. The molecule has 0 aromatic heterocycles. The van der Waals surface area contributed by atoms with Crippen LogP contribution in [0.5, 0.6) is 11.5 Å². The van der Waals surface area contributed by atoms with Gasteiger partial charge in [0.2, 0.25) is 0 Å². The van der Waals surface area contributed by atoms with E-state index in [1.807, 2.05) is 0 Å². The minimum atomic E-state index is -1.05. The third-order valence-electron chi connectivity index (χ3n) is 2.54. The summed E-state index contributed by atoms with van der Waals surface area (Å²) in [5, 5.41) is 8.76. The van der Waals surface area contributed by atoms with E-state index in [9.17, 15) is 14.2 Å². The summed E-state index contributed by atoms with van der Waals surface area (Å²) in [6, 6.07) is 11.4. The number of ether oxygens (including phenoxy) is 1. The number of hydrogen-bond donors (Lipinski definition) is 1. The Morgan fingerprint density at radius 2 is 1.38 bits per heavy atom. The van der Waals surface area contributed by atoms with E-state index in [2.05, 4.69) is 0 Å². The highest BCUT2D eigenvalue weighted by Crippen LogP contribution is 2.18. The van der Waals surface area contributed by atoms with Crippen LogP contribution in [0, 0.1) is 0 Å². The zero-order valence-corrected chi connectivity index (χ0v) is 11.4. The molecule has 0 fully saturated rings. The van der Waals surface area contributed by atoms with Gasteiger partial charge in [0.1, 0.15) is 11.5 Å². The van der Waals surface area contributed by atoms with Crippen molar-refractivity contribution in [2.24, 2.45) is 0 Å². The maximum absolute atomic E-state index is 11.9. The van der Waals surface area contributed by atoms with E-state index < -0.39 is 20.6 Å². The van der Waals surface area contributed by atoms with Crippen LogP contribution in [0.2, 0.25) is 0 Å². The number of esters is 1. The molecule has 0 bridgehead atoms. The third kappa shape index (κ3) is 3.87. The lowest BCUT2D eigenvalue weighted by molar-refractivity contribution is 0.0696. The first kappa shape index (κ1) is 14.7. The second kappa shape index (κ2) is 6.63. The van der Waals surface area contributed by atoms with E-state index in [0.29, 0.717) is 5.75 Å². The summed E-state index contributed by atoms with van der Waals surface area (Å²) in [6.45, 7) is 0. The molecule has 0 aliphatic rings. The highest BCUT2D eigenvalue weighted by molar-refractivity contribution is 7.17. The predicted molar refractivity (Wildman–Crippen MR) is 73.0 cm³/mol. The molecular formula is C14H9O6P. The highest BCUT2D eigenvalue weighted by atomic mass is 31.1. The molecule has 1 N–H and O–H groups in total. The minimum Gasteiger partial charge on any atom is -0.478 e. The van der Waals surface area contributed by atoms with Crippen LogP contribution in [0.4, 0.5) is 0 Å². The first-order valence-corrected chi connectivity index (χ1v) is 6.48. The van der Waals surface area contributed by atoms with E-state index in [4.69, 9.17) is 14.4 Å². The van der Waals surface area contributed by atoms with Crippen molar-refractivity contribution < 1.29 is 28.5 Å². The van der Waals surface area contributed by atoms with Crippen molar-refractivity contribution >= 4 is 20.6 Å². The lowest BCUT2D eigenvalue weighted by Crippen LogP contribution is -2.08. The molecule has 0 heterocycles. The standard InChI is InChI=1S/C14H9O6P/c15-13(16)9-1-5-11(6-2-9)19-14(17)10-3-7-12(8-4-10)20-21-18/h1-8H,(H,15,16). The zero-order valence-electron chi connectivity index (χ0n) is 10.6. The molecule has 106 valence electrons. The van der Waals surface area contributed by atoms with Gasteiger partial charge in [-0.25, -0.2) is 14.2 Å². The lowest BCUT2D eigenvalue weighted by atomic mass is 10.2. The van der Waals surface area contributed by atoms with Crippen LogP contribution in [0.15, 0.2) is 48.5 Å². The molecule has 2 aromatic carbocycles. The molecule has 0 amide bonds. The fraction of sp³-hybridized carbons (Fsp3) is 0. The van der Waals surface area contributed by atoms with Gasteiger partial charge in [0, 0.05) is 0 Å². The third-order valence-corrected chi connectivity index (χ3v) is 2.83. The van der Waals surface area contributed by atoms with Crippen molar-refractivity contribution in [2.75, 3.05) is 0 Å². The molecule has 21 heavy (non-hydrogen) atoms. The topological polar surface area (TPSA) is 89.9 Å². The maximum atomic E-state index is 11.9. The van der Waals surface area contributed by atoms with Gasteiger partial charge in [-0.15, -0.1) is 0 Å². The van der Waals surface area contributed by atoms with Crippen LogP contribution < -0.4 is 9.26 Å². The summed E-state index contributed by atoms with van der Waals surface area (Å²) in [4.78, 5) is 22.6. The van der Waals surface area contributed by atoms with E-state index in [1.165, 1.54) is 48.5 Å². The van der Waals surface area contributed by atoms with Crippen molar-refractivity contribution in [3.05, 3.63) is 59.7 Å². The quantitative estimate of drug-likeness (QED) is 0.518. The van der Waals surface area contributed by atoms with E-state index >= 15 is 0 Å². The van der Waals surface area contributed by atoms with Gasteiger partial charge >= 0.3 is 20.6 Å². The number of carbonyl (C=O) groups excluding carboxylic acids is 1. The fourth-order valence-electron chi connectivity index (χ4n) is 1.53. The SMILES string of the molecule is O=POc1ccc(C(=O)Oc2ccc(C(=O)O)cc2)cc1. The monoisotopic (exact) mass is 304 g/mol. The first-order valence-electron chi connectivity index (χ1n) is 5.75. The summed E-state index contributed by atoms with van der Waals surface area (Å²) >= 11 is 0. The van der Waals surface area contributed by atoms with Crippen LogP contribution in [-0.4, -0.2) is 17.0 Å². The second-order valence-electron chi connectivity index (χ2n) is 3.91. The van der Waals surface area contributed by atoms with E-state index in [-0.39, 0.29) is 16.9 Å². The molecule has 7 heteroatoms. The first-order chi connectivity index (χ1) is 10.1. The van der Waals surface area contributed by atoms with Crippen LogP contribution in [0.25, 0.3) is 0 Å². The van der Waals surface area contributed by atoms with Crippen molar-refractivity contribution in [3.63, 3.8) is 0 Å². The average molecular weight is 304 g/mol. The van der Waals surface area contributed by atoms with Crippen molar-refractivity contribution in [3.8, 4) is 11.5 Å². The normalized spacial score (nSPS) is 10.1. The summed E-state index contributed by atoms with van der Waals surface area (Å²) < 4.78 is 20.1. The highest BCUT2D eigenvalue weighted by Gasteiger charge is 2.10. The van der Waals surface area contributed by atoms with Gasteiger partial charge in [-0.2, -0.15) is 0 Å². The van der Waals surface area contributed by atoms with Gasteiger partial charge in [0.25, 0.3) is 0 Å². The molecule has 0 saturated heterocycles. The molecule has 2 rings (SSSR count). The Kier molecular flexibility index (Phi) is 4.64. The summed E-state index contributed by atoms with van der Waals surface area (Å²) in [7, 11) is -0.476. The number of benzene rings is 2. The predicted octanol–water partition coefficient (Wildman–Crippen LogP) is 3.19. The molecular weight excluding hydrogens is 295 g/mol. The molecule has 2 aromatic rings. The average Bonchev–Trinajstić information content (AvgIpc) is 2.49. The fourth-order valence-corrected chi connectivity index (χ4v) is 1.73. The maximum Gasteiger partial charge on any atom is 0.395 e. The molecule has 0 spiro atoms. The number of carboxylic acids is 1. The van der Waals surface area contributed by atoms with Crippen molar-refractivity contribution in [1.29, 1.82) is 0 Å². The Labute approximate surface area is 121 Å². The number of carboxylic acid groups (broad SMARTS) is 1. The zero-order chi connectivity index (χ0) is 15.2. The van der Waals surface area contributed by atoms with Gasteiger partial charge in [-0.3, -0.25) is 0 Å². The minimum absolute atomic E-state index is 0.105. The Morgan fingerprint density at radius 1 is 0.857 bits per heavy atom. The van der Waals surface area contributed by atoms with Gasteiger partial charge < -0.3 is 14.4 Å². The summed E-state index contributed by atoms with van der Waals surface area (Å²) in [6.07, 6.45) is 0. The second-order valence-corrected chi connectivity index (χ2v) is 4.24. The van der Waals surface area contributed by atoms with Gasteiger partial charge in [-0.1, -0.05) is 0 Å². The van der Waals surface area contributed by atoms with E-state index in [1.54, 1.807) is 0 Å². The molecule has 0 radical (unpaired) electrons. The van der Waals surface area contributed by atoms with Crippen LogP contribution in [-0.2, 0) is 4.57 Å². The largest absolute Gasteiger partial charge is 0.478 e. The Morgan fingerprint density at radius 3 is 1.90 bits per heavy atom. The van der Waals surface area contributed by atoms with Gasteiger partial charge in [-0.05, 0) is 48.5 Å². The van der Waals surface area contributed by atoms with Crippen molar-refractivity contribution in [1.82, 2.24) is 0 Å². The molecule has 6 nitrogen and oxygen atoms in total. The number of aromatic carboxylic acids is 1. The Balaban J connectivity index is 2.06. The van der Waals surface area contributed by atoms with Crippen LogP contribution >= 0.6 is 8.69 Å². The summed E-state index contributed by atoms with van der Waals surface area (Å²) in [5.41, 5.74) is 0.389. The smallest absolute Gasteiger partial charge is 0.395 e. The van der Waals surface area contributed by atoms with Gasteiger partial charge in [0.05, 0.1) is 11.1 Å². The summed E-state index contributed by atoms with van der Waals surface area (Å²) in [5.74, 6) is -1.05. The number of hydrogen-bond acceptors (Lipinski definition) is 5. The molecule has 0 atom stereocenters. The molecule has 0 unspecified atom stereocenters. The molecule has 0 aliphatic heterocycles. The van der Waals surface area contributed by atoms with Gasteiger partial charge in [0.15, 0.2) is 0 Å². The number of rotatable bonds is 5. The van der Waals surface area contributed by atoms with E-state index in [0.717, 1.165) is 0 Å². The molecule has 0 saturated carbocycles.